The van der Waals surface area contributed by atoms with Crippen molar-refractivity contribution in [3.63, 3.8) is 0 Å². The quantitative estimate of drug-likeness (QED) is 0.404. The number of pyridine rings is 1. The van der Waals surface area contributed by atoms with E-state index in [0.717, 1.165) is 11.1 Å². The number of nitrogens with zero attached hydrogens (tertiary/aromatic N) is 4. The molecule has 128 valence electrons. The van der Waals surface area contributed by atoms with Crippen LogP contribution in [0.3, 0.4) is 0 Å². The van der Waals surface area contributed by atoms with Gasteiger partial charge in [-0.15, -0.1) is 10.2 Å². The first kappa shape index (κ1) is 17.2. The number of benzene rings is 1. The van der Waals surface area contributed by atoms with Crippen LogP contribution in [-0.4, -0.2) is 31.5 Å². The van der Waals surface area contributed by atoms with Gasteiger partial charge in [-0.25, -0.2) is 9.66 Å². The van der Waals surface area contributed by atoms with Crippen molar-refractivity contribution in [2.45, 2.75) is 12.1 Å². The minimum atomic E-state index is -0.236. The van der Waals surface area contributed by atoms with Gasteiger partial charge in [-0.05, 0) is 24.6 Å². The lowest BCUT2D eigenvalue weighted by Gasteiger charge is -2.07. The Bertz CT molecular complexity index is 913. The van der Waals surface area contributed by atoms with E-state index in [-0.39, 0.29) is 16.8 Å². The van der Waals surface area contributed by atoms with Crippen molar-refractivity contribution in [1.82, 2.24) is 19.9 Å². The maximum atomic E-state index is 12.1. The molecule has 0 atom stereocenters. The Morgan fingerprint density at radius 1 is 1.28 bits per heavy atom. The number of carbonyl (C=O) groups is 1. The summed E-state index contributed by atoms with van der Waals surface area (Å²) in [5.74, 6) is 6.51. The number of hydrogen-bond donors (Lipinski definition) is 2. The van der Waals surface area contributed by atoms with Gasteiger partial charge in [-0.3, -0.25) is 4.79 Å². The highest BCUT2D eigenvalue weighted by Crippen LogP contribution is 2.24. The van der Waals surface area contributed by atoms with Crippen LogP contribution in [0.2, 0.25) is 5.15 Å². The van der Waals surface area contributed by atoms with Crippen LogP contribution in [0.4, 0.5) is 5.69 Å². The molecular weight excluding hydrogens is 360 g/mol. The fourth-order valence-electron chi connectivity index (χ4n) is 2.18. The molecule has 0 bridgehead atoms. The first-order valence-corrected chi connectivity index (χ1v) is 8.72. The molecule has 7 nitrogen and oxygen atoms in total. The molecular formula is C16H15ClN6OS. The molecule has 9 heteroatoms. The molecule has 0 fully saturated rings. The monoisotopic (exact) mass is 374 g/mol. The van der Waals surface area contributed by atoms with E-state index in [1.807, 2.05) is 31.2 Å². The third kappa shape index (κ3) is 3.92. The summed E-state index contributed by atoms with van der Waals surface area (Å²) in [5.41, 5.74) is 2.41. The van der Waals surface area contributed by atoms with Crippen molar-refractivity contribution < 1.29 is 4.79 Å². The summed E-state index contributed by atoms with van der Waals surface area (Å²) >= 11 is 7.11. The number of amides is 1. The normalized spacial score (nSPS) is 10.6. The van der Waals surface area contributed by atoms with Crippen LogP contribution < -0.4 is 11.2 Å². The van der Waals surface area contributed by atoms with E-state index in [4.69, 9.17) is 17.4 Å². The van der Waals surface area contributed by atoms with Crippen LogP contribution in [0.5, 0.6) is 0 Å². The van der Waals surface area contributed by atoms with Gasteiger partial charge in [-0.1, -0.05) is 47.6 Å². The Morgan fingerprint density at radius 3 is 2.84 bits per heavy atom. The number of nitrogen functional groups attached to an aromatic ring is 1. The average molecular weight is 375 g/mol. The number of carbonyl (C=O) groups excluding carboxylic acids is 1. The van der Waals surface area contributed by atoms with Crippen molar-refractivity contribution in [3.8, 4) is 11.4 Å². The van der Waals surface area contributed by atoms with Gasteiger partial charge < -0.3 is 11.2 Å². The lowest BCUT2D eigenvalue weighted by atomic mass is 10.1. The molecule has 0 aliphatic rings. The minimum Gasteiger partial charge on any atom is -0.335 e. The van der Waals surface area contributed by atoms with E-state index >= 15 is 0 Å². The number of anilines is 1. The number of aryl methyl sites for hydroxylation is 1. The van der Waals surface area contributed by atoms with E-state index in [1.54, 1.807) is 18.3 Å². The summed E-state index contributed by atoms with van der Waals surface area (Å²) in [5, 5.41) is 11.6. The highest BCUT2D eigenvalue weighted by atomic mass is 35.5. The number of aromatic nitrogens is 4. The fraction of sp³-hybridized carbons (Fsp3) is 0.125. The molecule has 0 spiro atoms. The number of halogens is 1. The van der Waals surface area contributed by atoms with Gasteiger partial charge in [0.15, 0.2) is 11.0 Å². The standard InChI is InChI=1S/C16H15ClN6OS/c1-10-5-2-3-6-11(10)15-21-22-16(23(15)18)25-9-13(24)20-12-7-4-8-19-14(12)17/h2-8H,9,18H2,1H3,(H,20,24). The predicted molar refractivity (Wildman–Crippen MR) is 98.9 cm³/mol. The van der Waals surface area contributed by atoms with Crippen molar-refractivity contribution >= 4 is 35.0 Å². The molecule has 0 radical (unpaired) electrons. The molecule has 0 aliphatic carbocycles. The SMILES string of the molecule is Cc1ccccc1-c1nnc(SCC(=O)Nc2cccnc2Cl)n1N. The van der Waals surface area contributed by atoms with Gasteiger partial charge in [-0.2, -0.15) is 0 Å². The lowest BCUT2D eigenvalue weighted by molar-refractivity contribution is -0.113. The lowest BCUT2D eigenvalue weighted by Crippen LogP contribution is -2.16. The van der Waals surface area contributed by atoms with Crippen molar-refractivity contribution in [2.75, 3.05) is 16.9 Å². The Morgan fingerprint density at radius 2 is 2.08 bits per heavy atom. The summed E-state index contributed by atoms with van der Waals surface area (Å²) in [6, 6.07) is 11.1. The number of rotatable bonds is 5. The number of hydrogen-bond acceptors (Lipinski definition) is 6. The second-order valence-corrected chi connectivity index (χ2v) is 6.47. The number of thioether (sulfide) groups is 1. The highest BCUT2D eigenvalue weighted by Gasteiger charge is 2.15. The Kier molecular flexibility index (Phi) is 5.20. The zero-order valence-electron chi connectivity index (χ0n) is 13.3. The van der Waals surface area contributed by atoms with Crippen LogP contribution in [0.15, 0.2) is 47.8 Å². The molecule has 25 heavy (non-hydrogen) atoms. The van der Waals surface area contributed by atoms with E-state index in [2.05, 4.69) is 20.5 Å². The molecule has 3 rings (SSSR count). The topological polar surface area (TPSA) is 98.7 Å². The Hall–Kier alpha value is -2.58. The van der Waals surface area contributed by atoms with Crippen LogP contribution in [-0.2, 0) is 4.79 Å². The molecule has 2 aromatic heterocycles. The first-order valence-electron chi connectivity index (χ1n) is 7.36. The third-order valence-corrected chi connectivity index (χ3v) is 4.66. The summed E-state index contributed by atoms with van der Waals surface area (Å²) < 4.78 is 1.39. The van der Waals surface area contributed by atoms with Crippen LogP contribution >= 0.6 is 23.4 Å². The van der Waals surface area contributed by atoms with Gasteiger partial charge >= 0.3 is 0 Å². The smallest absolute Gasteiger partial charge is 0.234 e. The molecule has 3 aromatic rings. The van der Waals surface area contributed by atoms with Gasteiger partial charge in [0.2, 0.25) is 11.1 Å². The first-order chi connectivity index (χ1) is 12.1. The second kappa shape index (κ2) is 7.54. The van der Waals surface area contributed by atoms with Gasteiger partial charge in [0.25, 0.3) is 0 Å². The van der Waals surface area contributed by atoms with Crippen molar-refractivity contribution in [2.24, 2.45) is 0 Å². The Labute approximate surface area is 153 Å². The molecule has 0 unspecified atom stereocenters. The molecule has 0 aliphatic heterocycles. The molecule has 0 saturated carbocycles. The van der Waals surface area contributed by atoms with E-state index < -0.39 is 0 Å². The summed E-state index contributed by atoms with van der Waals surface area (Å²) in [4.78, 5) is 16.0. The fourth-order valence-corrected chi connectivity index (χ4v) is 3.00. The minimum absolute atomic E-state index is 0.119. The molecule has 1 aromatic carbocycles. The Balaban J connectivity index is 1.67. The summed E-state index contributed by atoms with van der Waals surface area (Å²) in [6.07, 6.45) is 1.55. The summed E-state index contributed by atoms with van der Waals surface area (Å²) in [6.45, 7) is 1.97. The maximum Gasteiger partial charge on any atom is 0.234 e. The second-order valence-electron chi connectivity index (χ2n) is 5.17. The molecule has 0 saturated heterocycles. The average Bonchev–Trinajstić information content (AvgIpc) is 2.96. The molecule has 3 N–H and O–H groups in total. The summed E-state index contributed by atoms with van der Waals surface area (Å²) in [7, 11) is 0. The highest BCUT2D eigenvalue weighted by molar-refractivity contribution is 7.99. The van der Waals surface area contributed by atoms with E-state index in [1.165, 1.54) is 16.4 Å². The number of nitrogens with one attached hydrogen (secondary N) is 1. The maximum absolute atomic E-state index is 12.1. The van der Waals surface area contributed by atoms with Gasteiger partial charge in [0, 0.05) is 11.8 Å². The van der Waals surface area contributed by atoms with Crippen LogP contribution in [0, 0.1) is 6.92 Å². The van der Waals surface area contributed by atoms with Crippen LogP contribution in [0.1, 0.15) is 5.56 Å². The zero-order chi connectivity index (χ0) is 17.8. The predicted octanol–water partition coefficient (Wildman–Crippen LogP) is 2.75. The van der Waals surface area contributed by atoms with E-state index in [9.17, 15) is 4.79 Å². The van der Waals surface area contributed by atoms with Crippen molar-refractivity contribution in [1.29, 1.82) is 0 Å². The van der Waals surface area contributed by atoms with E-state index in [0.29, 0.717) is 16.7 Å². The van der Waals surface area contributed by atoms with Gasteiger partial charge in [0.05, 0.1) is 11.4 Å². The zero-order valence-corrected chi connectivity index (χ0v) is 14.9. The molecule has 2 heterocycles. The van der Waals surface area contributed by atoms with Gasteiger partial charge in [0.1, 0.15) is 0 Å². The largest absolute Gasteiger partial charge is 0.335 e. The third-order valence-electron chi connectivity index (χ3n) is 3.42. The van der Waals surface area contributed by atoms with Crippen LogP contribution in [0.25, 0.3) is 11.4 Å². The number of nitrogens with two attached hydrogens (primary N) is 1. The molecule has 1 amide bonds. The van der Waals surface area contributed by atoms with Crippen molar-refractivity contribution in [3.05, 3.63) is 53.3 Å².